The summed E-state index contributed by atoms with van der Waals surface area (Å²) in [7, 11) is 0. The minimum atomic E-state index is 0.403. The van der Waals surface area contributed by atoms with Gasteiger partial charge in [-0.05, 0) is 38.0 Å². The van der Waals surface area contributed by atoms with Crippen molar-refractivity contribution in [1.82, 2.24) is 4.98 Å². The Morgan fingerprint density at radius 1 is 1.12 bits per heavy atom. The van der Waals surface area contributed by atoms with Crippen molar-refractivity contribution in [3.05, 3.63) is 59.9 Å². The summed E-state index contributed by atoms with van der Waals surface area (Å²) in [5.41, 5.74) is 3.53. The minimum Gasteiger partial charge on any atom is -0.381 e. The van der Waals surface area contributed by atoms with Crippen LogP contribution in [0.25, 0.3) is 0 Å². The van der Waals surface area contributed by atoms with Crippen LogP contribution in [0.4, 0.5) is 5.69 Å². The highest BCUT2D eigenvalue weighted by Crippen LogP contribution is 2.13. The maximum atomic E-state index is 4.28. The lowest BCUT2D eigenvalue weighted by molar-refractivity contribution is 0.787. The molecule has 1 heterocycles. The van der Waals surface area contributed by atoms with E-state index in [1.54, 1.807) is 0 Å². The van der Waals surface area contributed by atoms with Gasteiger partial charge in [-0.1, -0.05) is 30.3 Å². The van der Waals surface area contributed by atoms with Gasteiger partial charge in [-0.3, -0.25) is 4.98 Å². The second kappa shape index (κ2) is 5.48. The first kappa shape index (κ1) is 11.6. The first-order chi connectivity index (χ1) is 8.25. The number of anilines is 1. The third-order valence-corrected chi connectivity index (χ3v) is 2.79. The van der Waals surface area contributed by atoms with Crippen LogP contribution in [-0.2, 0) is 6.42 Å². The van der Waals surface area contributed by atoms with E-state index in [4.69, 9.17) is 0 Å². The number of benzene rings is 1. The molecule has 2 aromatic rings. The molecular formula is C15H18N2. The zero-order chi connectivity index (χ0) is 12.1. The van der Waals surface area contributed by atoms with Crippen molar-refractivity contribution in [3.63, 3.8) is 0 Å². The van der Waals surface area contributed by atoms with Gasteiger partial charge < -0.3 is 5.32 Å². The second-order valence-corrected chi connectivity index (χ2v) is 4.37. The molecule has 1 N–H and O–H groups in total. The molecule has 0 spiro atoms. The maximum Gasteiger partial charge on any atom is 0.0603 e. The largest absolute Gasteiger partial charge is 0.381 e. The van der Waals surface area contributed by atoms with E-state index in [1.807, 2.05) is 25.3 Å². The van der Waals surface area contributed by atoms with E-state index < -0.39 is 0 Å². The zero-order valence-corrected chi connectivity index (χ0v) is 10.4. The smallest absolute Gasteiger partial charge is 0.0603 e. The Hall–Kier alpha value is -1.83. The number of aryl methyl sites for hydroxylation is 1. The number of nitrogens with zero attached hydrogens (tertiary/aromatic N) is 1. The Bertz CT molecular complexity index is 465. The molecule has 0 bridgehead atoms. The van der Waals surface area contributed by atoms with Crippen LogP contribution in [-0.4, -0.2) is 11.0 Å². The van der Waals surface area contributed by atoms with E-state index in [1.165, 1.54) is 5.56 Å². The standard InChI is InChI=1S/C15H18N2/c1-12(11-14-7-4-3-5-8-14)17-15-9-6-10-16-13(15)2/h3-10,12,17H,11H2,1-2H3. The fourth-order valence-corrected chi connectivity index (χ4v) is 1.92. The summed E-state index contributed by atoms with van der Waals surface area (Å²) >= 11 is 0. The van der Waals surface area contributed by atoms with Gasteiger partial charge in [0.2, 0.25) is 0 Å². The average molecular weight is 226 g/mol. The van der Waals surface area contributed by atoms with Gasteiger partial charge in [-0.2, -0.15) is 0 Å². The molecule has 0 fully saturated rings. The van der Waals surface area contributed by atoms with Crippen LogP contribution < -0.4 is 5.32 Å². The van der Waals surface area contributed by atoms with Gasteiger partial charge in [0.25, 0.3) is 0 Å². The monoisotopic (exact) mass is 226 g/mol. The van der Waals surface area contributed by atoms with E-state index in [0.29, 0.717) is 6.04 Å². The summed E-state index contributed by atoms with van der Waals surface area (Å²) < 4.78 is 0. The van der Waals surface area contributed by atoms with E-state index in [-0.39, 0.29) is 0 Å². The van der Waals surface area contributed by atoms with Crippen molar-refractivity contribution < 1.29 is 0 Å². The van der Waals surface area contributed by atoms with Gasteiger partial charge in [0, 0.05) is 12.2 Å². The van der Waals surface area contributed by atoms with Crippen molar-refractivity contribution in [2.75, 3.05) is 5.32 Å². The summed E-state index contributed by atoms with van der Waals surface area (Å²) in [6.07, 6.45) is 2.84. The van der Waals surface area contributed by atoms with E-state index >= 15 is 0 Å². The van der Waals surface area contributed by atoms with Crippen LogP contribution in [0.1, 0.15) is 18.2 Å². The predicted molar refractivity (Wildman–Crippen MR) is 72.2 cm³/mol. The van der Waals surface area contributed by atoms with Crippen LogP contribution in [0.15, 0.2) is 48.7 Å². The van der Waals surface area contributed by atoms with Gasteiger partial charge in [-0.25, -0.2) is 0 Å². The van der Waals surface area contributed by atoms with Crippen LogP contribution in [0.2, 0.25) is 0 Å². The lowest BCUT2D eigenvalue weighted by atomic mass is 10.1. The van der Waals surface area contributed by atoms with Gasteiger partial charge in [0.05, 0.1) is 11.4 Å². The molecule has 2 rings (SSSR count). The molecule has 2 nitrogen and oxygen atoms in total. The molecule has 17 heavy (non-hydrogen) atoms. The van der Waals surface area contributed by atoms with Crippen LogP contribution in [0.3, 0.4) is 0 Å². The third-order valence-electron chi connectivity index (χ3n) is 2.79. The van der Waals surface area contributed by atoms with Crippen molar-refractivity contribution in [2.45, 2.75) is 26.3 Å². The molecule has 0 saturated heterocycles. The van der Waals surface area contributed by atoms with Crippen LogP contribution >= 0.6 is 0 Å². The third kappa shape index (κ3) is 3.31. The molecule has 0 radical (unpaired) electrons. The summed E-state index contributed by atoms with van der Waals surface area (Å²) in [5, 5.41) is 3.50. The average Bonchev–Trinajstić information content (AvgIpc) is 2.33. The highest BCUT2D eigenvalue weighted by atomic mass is 14.9. The molecule has 1 atom stereocenters. The first-order valence-corrected chi connectivity index (χ1v) is 5.98. The van der Waals surface area contributed by atoms with Gasteiger partial charge in [-0.15, -0.1) is 0 Å². The molecular weight excluding hydrogens is 208 g/mol. The fourth-order valence-electron chi connectivity index (χ4n) is 1.92. The number of aromatic nitrogens is 1. The van der Waals surface area contributed by atoms with Crippen molar-refractivity contribution in [2.24, 2.45) is 0 Å². The van der Waals surface area contributed by atoms with E-state index in [2.05, 4.69) is 47.6 Å². The molecule has 1 aromatic heterocycles. The number of rotatable bonds is 4. The molecule has 0 aliphatic heterocycles. The number of hydrogen-bond acceptors (Lipinski definition) is 2. The highest BCUT2D eigenvalue weighted by molar-refractivity contribution is 5.47. The van der Waals surface area contributed by atoms with E-state index in [9.17, 15) is 0 Å². The SMILES string of the molecule is Cc1ncccc1NC(C)Cc1ccccc1. The quantitative estimate of drug-likeness (QED) is 0.864. The molecule has 1 aromatic carbocycles. The summed E-state index contributed by atoms with van der Waals surface area (Å²) in [4.78, 5) is 4.28. The van der Waals surface area contributed by atoms with Crippen molar-refractivity contribution in [3.8, 4) is 0 Å². The first-order valence-electron chi connectivity index (χ1n) is 5.98. The number of pyridine rings is 1. The Kier molecular flexibility index (Phi) is 3.76. The van der Waals surface area contributed by atoms with Gasteiger partial charge >= 0.3 is 0 Å². The van der Waals surface area contributed by atoms with Gasteiger partial charge in [0.1, 0.15) is 0 Å². The molecule has 1 unspecified atom stereocenters. The summed E-state index contributed by atoms with van der Waals surface area (Å²) in [6.45, 7) is 4.22. The fraction of sp³-hybridized carbons (Fsp3) is 0.267. The van der Waals surface area contributed by atoms with E-state index in [0.717, 1.165) is 17.8 Å². The molecule has 0 aliphatic carbocycles. The Balaban J connectivity index is 1.98. The number of nitrogens with one attached hydrogen (secondary N) is 1. The molecule has 0 amide bonds. The topological polar surface area (TPSA) is 24.9 Å². The lowest BCUT2D eigenvalue weighted by Gasteiger charge is -2.16. The van der Waals surface area contributed by atoms with Crippen molar-refractivity contribution in [1.29, 1.82) is 0 Å². The Labute approximate surface area is 103 Å². The Morgan fingerprint density at radius 2 is 1.88 bits per heavy atom. The maximum absolute atomic E-state index is 4.28. The molecule has 2 heteroatoms. The van der Waals surface area contributed by atoms with Crippen LogP contribution in [0, 0.1) is 6.92 Å². The summed E-state index contributed by atoms with van der Waals surface area (Å²) in [6, 6.07) is 15.0. The molecule has 88 valence electrons. The van der Waals surface area contributed by atoms with Crippen LogP contribution in [0.5, 0.6) is 0 Å². The number of hydrogen-bond donors (Lipinski definition) is 1. The van der Waals surface area contributed by atoms with Gasteiger partial charge in [0.15, 0.2) is 0 Å². The minimum absolute atomic E-state index is 0.403. The lowest BCUT2D eigenvalue weighted by Crippen LogP contribution is -2.18. The highest BCUT2D eigenvalue weighted by Gasteiger charge is 2.05. The molecule has 0 aliphatic rings. The Morgan fingerprint density at radius 3 is 2.59 bits per heavy atom. The normalized spacial score (nSPS) is 12.1. The second-order valence-electron chi connectivity index (χ2n) is 4.37. The van der Waals surface area contributed by atoms with Crippen molar-refractivity contribution >= 4 is 5.69 Å². The zero-order valence-electron chi connectivity index (χ0n) is 10.4. The molecule has 0 saturated carbocycles. The predicted octanol–water partition coefficient (Wildman–Crippen LogP) is 3.43. The summed E-state index contributed by atoms with van der Waals surface area (Å²) in [5.74, 6) is 0.